The van der Waals surface area contributed by atoms with E-state index >= 15 is 0 Å². The minimum absolute atomic E-state index is 0.0962. The summed E-state index contributed by atoms with van der Waals surface area (Å²) in [5.74, 6) is -3.38. The van der Waals surface area contributed by atoms with Crippen molar-refractivity contribution in [3.8, 4) is 0 Å². The number of imidazole rings is 1. The average Bonchev–Trinajstić information content (AvgIpc) is 3.34. The van der Waals surface area contributed by atoms with Crippen LogP contribution in [0, 0.1) is 0 Å². The van der Waals surface area contributed by atoms with Gasteiger partial charge in [-0.2, -0.15) is 23.5 Å². The second-order valence-corrected chi connectivity index (χ2v) is 9.88. The molecule has 0 aliphatic heterocycles. The number of aromatic nitrogens is 2. The number of H-pyrrole nitrogens is 1. The van der Waals surface area contributed by atoms with Crippen molar-refractivity contribution in [3.63, 3.8) is 0 Å². The number of carbonyl (C=O) groups excluding carboxylic acids is 3. The molecule has 0 aliphatic carbocycles. The predicted octanol–water partition coefficient (Wildman–Crippen LogP) is -0.810. The molecule has 0 bridgehead atoms. The van der Waals surface area contributed by atoms with Gasteiger partial charge < -0.3 is 36.9 Å². The van der Waals surface area contributed by atoms with E-state index in [2.05, 4.69) is 25.9 Å². The van der Waals surface area contributed by atoms with Crippen LogP contribution in [0.3, 0.4) is 0 Å². The van der Waals surface area contributed by atoms with Gasteiger partial charge in [0.15, 0.2) is 0 Å². The summed E-state index contributed by atoms with van der Waals surface area (Å²) in [4.78, 5) is 67.7. The summed E-state index contributed by atoms with van der Waals surface area (Å²) < 4.78 is 0. The van der Waals surface area contributed by atoms with Gasteiger partial charge in [0.2, 0.25) is 17.7 Å². The Labute approximate surface area is 217 Å². The Hall–Kier alpha value is -2.78. The van der Waals surface area contributed by atoms with Gasteiger partial charge in [0.25, 0.3) is 0 Å². The number of aliphatic carboxylic acids is 2. The summed E-state index contributed by atoms with van der Waals surface area (Å²) in [5, 5.41) is 26.0. The van der Waals surface area contributed by atoms with Crippen molar-refractivity contribution in [1.29, 1.82) is 0 Å². The standard InChI is InChI=1S/C21H34N6O7S2/c1-35-7-5-13(22)18(30)25-15(6-8-36-2)20(32)26-14(3-4-17(28)29)19(31)27-16(21(33)34)9-12-10-23-11-24-12/h10-11,13-16H,3-9,22H2,1-2H3,(H,23,24)(H,25,30)(H,26,32)(H,27,31)(H,28,29)(H,33,34). The Morgan fingerprint density at radius 2 is 1.47 bits per heavy atom. The SMILES string of the molecule is CSCCC(N)C(=O)NC(CCSC)C(=O)NC(CCC(=O)O)C(=O)NC(Cc1cnc[nH]1)C(=O)O. The Kier molecular flexibility index (Phi) is 14.6. The fourth-order valence-corrected chi connectivity index (χ4v) is 4.02. The van der Waals surface area contributed by atoms with Gasteiger partial charge in [-0.25, -0.2) is 9.78 Å². The van der Waals surface area contributed by atoms with E-state index in [0.717, 1.165) is 0 Å². The molecule has 8 N–H and O–H groups in total. The lowest BCUT2D eigenvalue weighted by atomic mass is 10.1. The number of aromatic amines is 1. The molecule has 13 nitrogen and oxygen atoms in total. The molecule has 0 fully saturated rings. The number of thioether (sulfide) groups is 2. The largest absolute Gasteiger partial charge is 0.481 e. The van der Waals surface area contributed by atoms with Crippen LogP contribution in [0.4, 0.5) is 0 Å². The van der Waals surface area contributed by atoms with Crippen LogP contribution < -0.4 is 21.7 Å². The van der Waals surface area contributed by atoms with Crippen LogP contribution in [-0.4, -0.2) is 98.0 Å². The van der Waals surface area contributed by atoms with E-state index in [0.29, 0.717) is 23.6 Å². The highest BCUT2D eigenvalue weighted by atomic mass is 32.2. The molecule has 1 rings (SSSR count). The first-order valence-electron chi connectivity index (χ1n) is 11.1. The number of rotatable bonds is 18. The number of hydrogen-bond donors (Lipinski definition) is 7. The predicted molar refractivity (Wildman–Crippen MR) is 137 cm³/mol. The minimum atomic E-state index is -1.34. The van der Waals surface area contributed by atoms with Crippen molar-refractivity contribution in [2.75, 3.05) is 24.0 Å². The minimum Gasteiger partial charge on any atom is -0.481 e. The van der Waals surface area contributed by atoms with Crippen molar-refractivity contribution < 1.29 is 34.2 Å². The summed E-state index contributed by atoms with van der Waals surface area (Å²) in [6.07, 6.45) is 6.33. The second kappa shape index (κ2) is 16.8. The molecular weight excluding hydrogens is 512 g/mol. The van der Waals surface area contributed by atoms with Crippen molar-refractivity contribution in [2.24, 2.45) is 5.73 Å². The smallest absolute Gasteiger partial charge is 0.326 e. The maximum absolute atomic E-state index is 13.0. The molecule has 0 radical (unpaired) electrons. The van der Waals surface area contributed by atoms with Crippen LogP contribution in [0.5, 0.6) is 0 Å². The fraction of sp³-hybridized carbons (Fsp3) is 0.619. The number of carboxylic acids is 2. The molecule has 3 amide bonds. The molecule has 0 spiro atoms. The Morgan fingerprint density at radius 3 is 2.00 bits per heavy atom. The van der Waals surface area contributed by atoms with Crippen molar-refractivity contribution >= 4 is 53.2 Å². The van der Waals surface area contributed by atoms with Gasteiger partial charge in [0.05, 0.1) is 12.4 Å². The molecule has 1 aromatic heterocycles. The lowest BCUT2D eigenvalue weighted by molar-refractivity contribution is -0.143. The van der Waals surface area contributed by atoms with Crippen LogP contribution in [0.25, 0.3) is 0 Å². The van der Waals surface area contributed by atoms with Crippen LogP contribution >= 0.6 is 23.5 Å². The summed E-state index contributed by atoms with van der Waals surface area (Å²) in [5.41, 5.74) is 6.36. The van der Waals surface area contributed by atoms with E-state index in [-0.39, 0.29) is 19.3 Å². The highest BCUT2D eigenvalue weighted by Crippen LogP contribution is 2.07. The van der Waals surface area contributed by atoms with Crippen LogP contribution in [0.1, 0.15) is 31.4 Å². The normalized spacial score (nSPS) is 14.2. The molecule has 4 unspecified atom stereocenters. The van der Waals surface area contributed by atoms with E-state index in [1.165, 1.54) is 36.0 Å². The van der Waals surface area contributed by atoms with E-state index in [9.17, 15) is 29.1 Å². The van der Waals surface area contributed by atoms with Crippen molar-refractivity contribution in [2.45, 2.75) is 56.3 Å². The second-order valence-electron chi connectivity index (χ2n) is 7.90. The first-order valence-corrected chi connectivity index (χ1v) is 13.9. The Bertz CT molecular complexity index is 871. The van der Waals surface area contributed by atoms with Crippen molar-refractivity contribution in [1.82, 2.24) is 25.9 Å². The summed E-state index contributed by atoms with van der Waals surface area (Å²) in [6, 6.07) is -4.50. The third-order valence-electron chi connectivity index (χ3n) is 5.09. The number of amides is 3. The molecule has 0 aromatic carbocycles. The van der Waals surface area contributed by atoms with Crippen LogP contribution in [0.15, 0.2) is 12.5 Å². The summed E-state index contributed by atoms with van der Waals surface area (Å²) in [7, 11) is 0. The van der Waals surface area contributed by atoms with Crippen LogP contribution in [-0.2, 0) is 30.4 Å². The van der Waals surface area contributed by atoms with Gasteiger partial charge >= 0.3 is 11.9 Å². The zero-order chi connectivity index (χ0) is 27.1. The van der Waals surface area contributed by atoms with Gasteiger partial charge in [-0.1, -0.05) is 0 Å². The number of nitrogens with two attached hydrogens (primary N) is 1. The van der Waals surface area contributed by atoms with Gasteiger partial charge in [-0.3, -0.25) is 19.2 Å². The molecule has 36 heavy (non-hydrogen) atoms. The summed E-state index contributed by atoms with van der Waals surface area (Å²) in [6.45, 7) is 0. The first kappa shape index (κ1) is 31.3. The zero-order valence-corrected chi connectivity index (χ0v) is 21.8. The highest BCUT2D eigenvalue weighted by molar-refractivity contribution is 7.98. The topological polar surface area (TPSA) is 217 Å². The fourth-order valence-electron chi connectivity index (χ4n) is 3.06. The van der Waals surface area contributed by atoms with Crippen LogP contribution in [0.2, 0.25) is 0 Å². The van der Waals surface area contributed by atoms with Gasteiger partial charge in [0, 0.05) is 24.7 Å². The molecule has 1 heterocycles. The molecule has 0 saturated carbocycles. The quantitative estimate of drug-likeness (QED) is 0.121. The van der Waals surface area contributed by atoms with Crippen molar-refractivity contribution in [3.05, 3.63) is 18.2 Å². The van der Waals surface area contributed by atoms with Gasteiger partial charge in [-0.15, -0.1) is 0 Å². The monoisotopic (exact) mass is 546 g/mol. The van der Waals surface area contributed by atoms with E-state index < -0.39 is 60.2 Å². The van der Waals surface area contributed by atoms with E-state index in [1.807, 2.05) is 12.5 Å². The van der Waals surface area contributed by atoms with E-state index in [1.54, 1.807) is 0 Å². The molecular formula is C21H34N6O7S2. The van der Waals surface area contributed by atoms with E-state index in [4.69, 9.17) is 10.8 Å². The van der Waals surface area contributed by atoms with Gasteiger partial charge in [-0.05, 0) is 43.3 Å². The zero-order valence-electron chi connectivity index (χ0n) is 20.2. The Balaban J connectivity index is 2.96. The average molecular weight is 547 g/mol. The molecule has 0 saturated heterocycles. The lowest BCUT2D eigenvalue weighted by Gasteiger charge is -2.25. The molecule has 15 heteroatoms. The maximum atomic E-state index is 13.0. The molecule has 202 valence electrons. The number of nitrogens with zero attached hydrogens (tertiary/aromatic N) is 1. The highest BCUT2D eigenvalue weighted by Gasteiger charge is 2.30. The number of carbonyl (C=O) groups is 5. The number of nitrogens with one attached hydrogen (secondary N) is 4. The first-order chi connectivity index (χ1) is 17.1. The lowest BCUT2D eigenvalue weighted by Crippen LogP contribution is -2.57. The third-order valence-corrected chi connectivity index (χ3v) is 6.37. The molecule has 1 aromatic rings. The third kappa shape index (κ3) is 11.8. The summed E-state index contributed by atoms with van der Waals surface area (Å²) >= 11 is 2.98. The molecule has 0 aliphatic rings. The Morgan fingerprint density at radius 1 is 0.917 bits per heavy atom. The van der Waals surface area contributed by atoms with Gasteiger partial charge in [0.1, 0.15) is 18.1 Å². The number of hydrogen-bond acceptors (Lipinski definition) is 9. The number of carboxylic acid groups (broad SMARTS) is 2. The maximum Gasteiger partial charge on any atom is 0.326 e. The molecule has 4 atom stereocenters.